The van der Waals surface area contributed by atoms with Crippen molar-refractivity contribution >= 4 is 12.4 Å². The number of rotatable bonds is 7. The fraction of sp³-hybridized carbons (Fsp3) is 0.727. The second-order valence-electron chi connectivity index (χ2n) is 3.72. The smallest absolute Gasteiger partial charge is 0.0762 e. The van der Waals surface area contributed by atoms with Gasteiger partial charge >= 0.3 is 0 Å². The summed E-state index contributed by atoms with van der Waals surface area (Å²) in [6, 6.07) is 2.05. The van der Waals surface area contributed by atoms with Crippen LogP contribution in [0.25, 0.3) is 0 Å². The van der Waals surface area contributed by atoms with Gasteiger partial charge in [0.15, 0.2) is 0 Å². The lowest BCUT2D eigenvalue weighted by Gasteiger charge is -2.01. The third kappa shape index (κ3) is 6.52. The van der Waals surface area contributed by atoms with Gasteiger partial charge in [-0.25, -0.2) is 0 Å². The first-order valence-electron chi connectivity index (χ1n) is 5.52. The van der Waals surface area contributed by atoms with E-state index in [4.69, 9.17) is 0 Å². The zero-order chi connectivity index (χ0) is 10.2. The molecule has 0 aliphatic rings. The molecule has 0 atom stereocenters. The number of nitrogens with zero attached hydrogens (tertiary/aromatic N) is 2. The van der Waals surface area contributed by atoms with Crippen LogP contribution in [-0.2, 0) is 13.6 Å². The Morgan fingerprint density at radius 1 is 1.33 bits per heavy atom. The van der Waals surface area contributed by atoms with Crippen molar-refractivity contribution in [3.63, 3.8) is 0 Å². The Kier molecular flexibility index (Phi) is 8.43. The van der Waals surface area contributed by atoms with Gasteiger partial charge in [-0.2, -0.15) is 5.10 Å². The maximum atomic E-state index is 4.30. The zero-order valence-electron chi connectivity index (χ0n) is 9.70. The van der Waals surface area contributed by atoms with E-state index in [1.54, 1.807) is 0 Å². The van der Waals surface area contributed by atoms with Crippen molar-refractivity contribution in [2.45, 2.75) is 39.2 Å². The van der Waals surface area contributed by atoms with Gasteiger partial charge in [0, 0.05) is 19.8 Å². The van der Waals surface area contributed by atoms with Crippen molar-refractivity contribution < 1.29 is 0 Å². The van der Waals surface area contributed by atoms with E-state index < -0.39 is 0 Å². The van der Waals surface area contributed by atoms with Gasteiger partial charge in [0.1, 0.15) is 0 Å². The van der Waals surface area contributed by atoms with Gasteiger partial charge in [0.25, 0.3) is 0 Å². The van der Waals surface area contributed by atoms with Gasteiger partial charge in [0.05, 0.1) is 5.69 Å². The van der Waals surface area contributed by atoms with Gasteiger partial charge in [0.2, 0.25) is 0 Å². The molecule has 0 saturated carbocycles. The monoisotopic (exact) mass is 231 g/mol. The summed E-state index contributed by atoms with van der Waals surface area (Å²) < 4.78 is 1.84. The fourth-order valence-corrected chi connectivity index (χ4v) is 1.45. The normalized spacial score (nSPS) is 10.0. The standard InChI is InChI=1S/C11H21N3.ClH/c1-3-4-5-6-8-12-10-11-7-9-14(2)13-11;/h7,9,12H,3-6,8,10H2,1-2H3;1H. The van der Waals surface area contributed by atoms with E-state index in [1.807, 2.05) is 17.9 Å². The van der Waals surface area contributed by atoms with Crippen LogP contribution in [0.4, 0.5) is 0 Å². The van der Waals surface area contributed by atoms with Gasteiger partial charge in [-0.15, -0.1) is 12.4 Å². The topological polar surface area (TPSA) is 29.9 Å². The third-order valence-corrected chi connectivity index (χ3v) is 2.28. The highest BCUT2D eigenvalue weighted by Crippen LogP contribution is 1.98. The average Bonchev–Trinajstić information content (AvgIpc) is 2.58. The summed E-state index contributed by atoms with van der Waals surface area (Å²) in [6.45, 7) is 4.24. The van der Waals surface area contributed by atoms with Crippen LogP contribution in [0, 0.1) is 0 Å². The van der Waals surface area contributed by atoms with Crippen LogP contribution in [0.5, 0.6) is 0 Å². The Balaban J connectivity index is 0.00000196. The Hall–Kier alpha value is -0.540. The molecule has 0 spiro atoms. The number of aromatic nitrogens is 2. The molecule has 1 N–H and O–H groups in total. The number of halogens is 1. The van der Waals surface area contributed by atoms with E-state index in [2.05, 4.69) is 23.4 Å². The molecule has 0 radical (unpaired) electrons. The molecule has 88 valence electrons. The minimum atomic E-state index is 0. The van der Waals surface area contributed by atoms with E-state index in [0.29, 0.717) is 0 Å². The highest BCUT2D eigenvalue weighted by atomic mass is 35.5. The molecule has 0 aromatic carbocycles. The first kappa shape index (κ1) is 14.5. The Bertz CT molecular complexity index is 248. The quantitative estimate of drug-likeness (QED) is 0.731. The highest BCUT2D eigenvalue weighted by molar-refractivity contribution is 5.85. The molecule has 1 aromatic rings. The Labute approximate surface area is 98.7 Å². The molecule has 1 heterocycles. The van der Waals surface area contributed by atoms with Gasteiger partial charge in [-0.1, -0.05) is 26.2 Å². The summed E-state index contributed by atoms with van der Waals surface area (Å²) in [4.78, 5) is 0. The minimum absolute atomic E-state index is 0. The second-order valence-corrected chi connectivity index (χ2v) is 3.72. The summed E-state index contributed by atoms with van der Waals surface area (Å²) in [5, 5.41) is 7.70. The SMILES string of the molecule is CCCCCCNCc1ccn(C)n1.Cl. The molecule has 1 aromatic heterocycles. The summed E-state index contributed by atoms with van der Waals surface area (Å²) in [6.07, 6.45) is 7.26. The predicted octanol–water partition coefficient (Wildman–Crippen LogP) is 2.51. The first-order valence-corrected chi connectivity index (χ1v) is 5.52. The van der Waals surface area contributed by atoms with E-state index in [0.717, 1.165) is 18.8 Å². The van der Waals surface area contributed by atoms with Crippen molar-refractivity contribution in [1.29, 1.82) is 0 Å². The lowest BCUT2D eigenvalue weighted by Crippen LogP contribution is -2.15. The molecule has 1 rings (SSSR count). The van der Waals surface area contributed by atoms with Crippen molar-refractivity contribution in [2.24, 2.45) is 7.05 Å². The zero-order valence-corrected chi connectivity index (χ0v) is 10.5. The molecule has 0 fully saturated rings. The van der Waals surface area contributed by atoms with Crippen LogP contribution in [0.2, 0.25) is 0 Å². The molecule has 0 saturated heterocycles. The van der Waals surface area contributed by atoms with Crippen LogP contribution in [0.15, 0.2) is 12.3 Å². The molecule has 4 heteroatoms. The molecule has 3 nitrogen and oxygen atoms in total. The van der Waals surface area contributed by atoms with Gasteiger partial charge in [-0.3, -0.25) is 4.68 Å². The number of aryl methyl sites for hydroxylation is 1. The number of hydrogen-bond donors (Lipinski definition) is 1. The third-order valence-electron chi connectivity index (χ3n) is 2.28. The van der Waals surface area contributed by atoms with E-state index in [9.17, 15) is 0 Å². The molecule has 0 aliphatic heterocycles. The summed E-state index contributed by atoms with van der Waals surface area (Å²) in [5.74, 6) is 0. The molecule has 0 unspecified atom stereocenters. The number of hydrogen-bond acceptors (Lipinski definition) is 2. The largest absolute Gasteiger partial charge is 0.311 e. The van der Waals surface area contributed by atoms with Crippen LogP contribution in [-0.4, -0.2) is 16.3 Å². The lowest BCUT2D eigenvalue weighted by atomic mass is 10.2. The van der Waals surface area contributed by atoms with E-state index in [-0.39, 0.29) is 12.4 Å². The molecule has 0 bridgehead atoms. The van der Waals surface area contributed by atoms with Crippen LogP contribution < -0.4 is 5.32 Å². The lowest BCUT2D eigenvalue weighted by molar-refractivity contribution is 0.588. The van der Waals surface area contributed by atoms with Crippen LogP contribution >= 0.6 is 12.4 Å². The van der Waals surface area contributed by atoms with Crippen molar-refractivity contribution in [3.05, 3.63) is 18.0 Å². The van der Waals surface area contributed by atoms with Gasteiger partial charge in [-0.05, 0) is 19.0 Å². The highest BCUT2D eigenvalue weighted by Gasteiger charge is 1.95. The summed E-state index contributed by atoms with van der Waals surface area (Å²) in [5.41, 5.74) is 1.13. The van der Waals surface area contributed by atoms with Crippen LogP contribution in [0.3, 0.4) is 0 Å². The van der Waals surface area contributed by atoms with Crippen LogP contribution in [0.1, 0.15) is 38.3 Å². The van der Waals surface area contributed by atoms with Crippen molar-refractivity contribution in [3.8, 4) is 0 Å². The number of nitrogens with one attached hydrogen (secondary N) is 1. The Morgan fingerprint density at radius 3 is 2.73 bits per heavy atom. The van der Waals surface area contributed by atoms with Crippen molar-refractivity contribution in [2.75, 3.05) is 6.54 Å². The Morgan fingerprint density at radius 2 is 2.13 bits per heavy atom. The molecular formula is C11H22ClN3. The summed E-state index contributed by atoms with van der Waals surface area (Å²) >= 11 is 0. The molecule has 15 heavy (non-hydrogen) atoms. The average molecular weight is 232 g/mol. The number of unbranched alkanes of at least 4 members (excludes halogenated alkanes) is 3. The predicted molar refractivity (Wildman–Crippen MR) is 66.3 cm³/mol. The fourth-order valence-electron chi connectivity index (χ4n) is 1.45. The second kappa shape index (κ2) is 8.74. The maximum Gasteiger partial charge on any atom is 0.0762 e. The minimum Gasteiger partial charge on any atom is -0.311 e. The molecule has 0 amide bonds. The van der Waals surface area contributed by atoms with Crippen molar-refractivity contribution in [1.82, 2.24) is 15.1 Å². The first-order chi connectivity index (χ1) is 6.83. The maximum absolute atomic E-state index is 4.30. The molecule has 0 aliphatic carbocycles. The molecular weight excluding hydrogens is 210 g/mol. The summed E-state index contributed by atoms with van der Waals surface area (Å²) in [7, 11) is 1.95. The van der Waals surface area contributed by atoms with Gasteiger partial charge < -0.3 is 5.32 Å². The van der Waals surface area contributed by atoms with E-state index in [1.165, 1.54) is 25.7 Å². The van der Waals surface area contributed by atoms with E-state index >= 15 is 0 Å².